The molecule has 1 saturated carbocycles. The summed E-state index contributed by atoms with van der Waals surface area (Å²) in [6, 6.07) is 3.29. The Balaban J connectivity index is 1.56. The molecule has 24 heavy (non-hydrogen) atoms. The summed E-state index contributed by atoms with van der Waals surface area (Å²) in [4.78, 5) is 37.1. The Kier molecular flexibility index (Phi) is 3.22. The van der Waals surface area contributed by atoms with Crippen molar-refractivity contribution in [3.8, 4) is 11.4 Å². The maximum atomic E-state index is 12.2. The lowest BCUT2D eigenvalue weighted by atomic mass is 10.3. The van der Waals surface area contributed by atoms with Crippen molar-refractivity contribution >= 4 is 12.0 Å². The Morgan fingerprint density at radius 3 is 2.71 bits per heavy atom. The molecule has 3 atom stereocenters. The highest BCUT2D eigenvalue weighted by atomic mass is 16.4. The van der Waals surface area contributed by atoms with Crippen LogP contribution in [-0.2, 0) is 7.05 Å². The number of carbonyl (C=O) groups is 1. The largest absolute Gasteiger partial charge is 0.465 e. The van der Waals surface area contributed by atoms with E-state index >= 15 is 0 Å². The van der Waals surface area contributed by atoms with E-state index in [1.54, 1.807) is 19.3 Å². The van der Waals surface area contributed by atoms with E-state index in [-0.39, 0.29) is 23.4 Å². The molecule has 1 amide bonds. The summed E-state index contributed by atoms with van der Waals surface area (Å²) >= 11 is 0. The molecule has 0 bridgehead atoms. The van der Waals surface area contributed by atoms with Crippen molar-refractivity contribution in [3.05, 3.63) is 35.0 Å². The van der Waals surface area contributed by atoms with Crippen molar-refractivity contribution in [2.45, 2.75) is 6.04 Å². The van der Waals surface area contributed by atoms with E-state index in [2.05, 4.69) is 20.3 Å². The van der Waals surface area contributed by atoms with Gasteiger partial charge >= 0.3 is 6.09 Å². The van der Waals surface area contributed by atoms with Crippen LogP contribution in [0.4, 0.5) is 10.7 Å². The highest BCUT2D eigenvalue weighted by molar-refractivity contribution is 5.66. The van der Waals surface area contributed by atoms with E-state index in [0.29, 0.717) is 30.4 Å². The van der Waals surface area contributed by atoms with E-state index in [4.69, 9.17) is 5.11 Å². The molecule has 0 aromatic carbocycles. The zero-order chi connectivity index (χ0) is 16.8. The lowest BCUT2D eigenvalue weighted by molar-refractivity contribution is 0.150. The van der Waals surface area contributed by atoms with Crippen molar-refractivity contribution in [2.75, 3.05) is 18.4 Å². The molecule has 2 aliphatic rings. The summed E-state index contributed by atoms with van der Waals surface area (Å²) in [6.45, 7) is 1.05. The number of hydrogen-bond acceptors (Lipinski definition) is 6. The monoisotopic (exact) mass is 328 g/mol. The second-order valence-corrected chi connectivity index (χ2v) is 6.14. The molecule has 9 nitrogen and oxygen atoms in total. The standard InChI is InChI=1S/C15H16N6O3/c1-20-12(22)4-11(10-2-3-16-7-17-10)18-14(20)19-13-8-5-21(15(23)24)6-9(8)13/h2-4,7-9,13H,5-6H2,1H3,(H,18,19)(H,23,24)/t8-,9+,13-. The third kappa shape index (κ3) is 2.38. The number of rotatable bonds is 3. The summed E-state index contributed by atoms with van der Waals surface area (Å²) in [5.41, 5.74) is 0.888. The number of amides is 1. The SMILES string of the molecule is Cn1c(N[C@@H]2[C@@H]3CN(C(=O)O)C[C@@H]32)nc(-c2ccncn2)cc1=O. The number of carboxylic acid groups (broad SMARTS) is 1. The second kappa shape index (κ2) is 5.29. The van der Waals surface area contributed by atoms with Gasteiger partial charge in [0.2, 0.25) is 5.95 Å². The molecule has 1 saturated heterocycles. The van der Waals surface area contributed by atoms with E-state index in [1.807, 2.05) is 0 Å². The third-order valence-electron chi connectivity index (χ3n) is 4.74. The number of likely N-dealkylation sites (tertiary alicyclic amines) is 1. The van der Waals surface area contributed by atoms with Crippen molar-refractivity contribution < 1.29 is 9.90 Å². The van der Waals surface area contributed by atoms with Crippen molar-refractivity contribution in [3.63, 3.8) is 0 Å². The topological polar surface area (TPSA) is 113 Å². The first-order chi connectivity index (χ1) is 11.5. The van der Waals surface area contributed by atoms with Crippen molar-refractivity contribution in [1.29, 1.82) is 0 Å². The van der Waals surface area contributed by atoms with Crippen molar-refractivity contribution in [1.82, 2.24) is 24.4 Å². The average Bonchev–Trinajstić information content (AvgIpc) is 3.02. The minimum atomic E-state index is -0.878. The molecule has 0 radical (unpaired) electrons. The van der Waals surface area contributed by atoms with E-state index in [0.717, 1.165) is 0 Å². The molecule has 1 aliphatic heterocycles. The van der Waals surface area contributed by atoms with Gasteiger partial charge in [0.05, 0.1) is 11.4 Å². The van der Waals surface area contributed by atoms with Crippen LogP contribution in [0.1, 0.15) is 0 Å². The van der Waals surface area contributed by atoms with E-state index in [9.17, 15) is 9.59 Å². The fraction of sp³-hybridized carbons (Fsp3) is 0.400. The Morgan fingerprint density at radius 2 is 2.08 bits per heavy atom. The van der Waals surface area contributed by atoms with Gasteiger partial charge in [0.15, 0.2) is 0 Å². The lowest BCUT2D eigenvalue weighted by Crippen LogP contribution is -2.33. The van der Waals surface area contributed by atoms with Gasteiger partial charge in [0.25, 0.3) is 5.56 Å². The van der Waals surface area contributed by atoms with Gasteiger partial charge in [-0.05, 0) is 6.07 Å². The summed E-state index contributed by atoms with van der Waals surface area (Å²) in [5, 5.41) is 12.3. The van der Waals surface area contributed by atoms with Crippen LogP contribution in [0.15, 0.2) is 29.5 Å². The van der Waals surface area contributed by atoms with Gasteiger partial charge in [-0.3, -0.25) is 9.36 Å². The summed E-state index contributed by atoms with van der Waals surface area (Å²) in [5.74, 6) is 1.03. The number of nitrogens with one attached hydrogen (secondary N) is 1. The summed E-state index contributed by atoms with van der Waals surface area (Å²) < 4.78 is 1.45. The molecular formula is C15H16N6O3. The zero-order valence-corrected chi connectivity index (χ0v) is 13.0. The molecule has 2 fully saturated rings. The zero-order valence-electron chi connectivity index (χ0n) is 13.0. The van der Waals surface area contributed by atoms with Crippen LogP contribution in [0.5, 0.6) is 0 Å². The minimum absolute atomic E-state index is 0.152. The van der Waals surface area contributed by atoms with Crippen LogP contribution in [0.2, 0.25) is 0 Å². The van der Waals surface area contributed by atoms with Gasteiger partial charge in [0.1, 0.15) is 6.33 Å². The number of hydrogen-bond donors (Lipinski definition) is 2. The summed E-state index contributed by atoms with van der Waals surface area (Å²) in [7, 11) is 1.66. The molecular weight excluding hydrogens is 312 g/mol. The number of aromatic nitrogens is 4. The van der Waals surface area contributed by atoms with Gasteiger partial charge < -0.3 is 15.3 Å². The molecule has 3 heterocycles. The van der Waals surface area contributed by atoms with E-state index in [1.165, 1.54) is 21.9 Å². The fourth-order valence-electron chi connectivity index (χ4n) is 3.29. The maximum absolute atomic E-state index is 12.2. The van der Waals surface area contributed by atoms with E-state index < -0.39 is 6.09 Å². The number of anilines is 1. The van der Waals surface area contributed by atoms with Gasteiger partial charge in [-0.2, -0.15) is 0 Å². The van der Waals surface area contributed by atoms with Crippen LogP contribution < -0.4 is 10.9 Å². The number of piperidine rings is 1. The molecule has 0 unspecified atom stereocenters. The lowest BCUT2D eigenvalue weighted by Gasteiger charge is -2.17. The first-order valence-electron chi connectivity index (χ1n) is 7.63. The molecule has 4 rings (SSSR count). The maximum Gasteiger partial charge on any atom is 0.407 e. The number of nitrogens with zero attached hydrogens (tertiary/aromatic N) is 5. The number of fused-ring (bicyclic) bond motifs is 1. The highest BCUT2D eigenvalue weighted by Gasteiger charge is 2.57. The normalized spacial score (nSPS) is 24.5. The molecule has 124 valence electrons. The van der Waals surface area contributed by atoms with Crippen molar-refractivity contribution in [2.24, 2.45) is 18.9 Å². The molecule has 2 aromatic heterocycles. The highest BCUT2D eigenvalue weighted by Crippen LogP contribution is 2.46. The Hall–Kier alpha value is -2.97. The second-order valence-electron chi connectivity index (χ2n) is 6.14. The van der Waals surface area contributed by atoms with Gasteiger partial charge in [0, 0.05) is 50.3 Å². The summed E-state index contributed by atoms with van der Waals surface area (Å²) in [6.07, 6.45) is 2.13. The quantitative estimate of drug-likeness (QED) is 0.830. The Morgan fingerprint density at radius 1 is 1.33 bits per heavy atom. The smallest absolute Gasteiger partial charge is 0.407 e. The molecule has 1 aliphatic carbocycles. The predicted molar refractivity (Wildman–Crippen MR) is 84.5 cm³/mol. The van der Waals surface area contributed by atoms with Crippen LogP contribution in [0.25, 0.3) is 11.4 Å². The molecule has 9 heteroatoms. The fourth-order valence-corrected chi connectivity index (χ4v) is 3.29. The van der Waals surface area contributed by atoms with Gasteiger partial charge in [-0.15, -0.1) is 0 Å². The average molecular weight is 328 g/mol. The van der Waals surface area contributed by atoms with Crippen LogP contribution >= 0.6 is 0 Å². The van der Waals surface area contributed by atoms with Crippen LogP contribution in [0, 0.1) is 11.8 Å². The molecule has 2 aromatic rings. The molecule has 0 spiro atoms. The Labute approximate surface area is 137 Å². The van der Waals surface area contributed by atoms with Crippen LogP contribution in [-0.4, -0.2) is 54.8 Å². The predicted octanol–water partition coefficient (Wildman–Crippen LogP) is 0.257. The third-order valence-corrected chi connectivity index (χ3v) is 4.74. The van der Waals surface area contributed by atoms with Gasteiger partial charge in [-0.25, -0.2) is 19.7 Å². The first kappa shape index (κ1) is 14.6. The minimum Gasteiger partial charge on any atom is -0.465 e. The Bertz CT molecular complexity index is 840. The first-order valence-corrected chi connectivity index (χ1v) is 7.63. The van der Waals surface area contributed by atoms with Crippen LogP contribution in [0.3, 0.4) is 0 Å². The molecule has 2 N–H and O–H groups in total. The van der Waals surface area contributed by atoms with Gasteiger partial charge in [-0.1, -0.05) is 0 Å².